The van der Waals surface area contributed by atoms with Gasteiger partial charge in [-0.1, -0.05) is 6.07 Å². The second kappa shape index (κ2) is 5.92. The fourth-order valence-electron chi connectivity index (χ4n) is 1.58. The lowest BCUT2D eigenvalue weighted by atomic mass is 10.3. The number of hydrogen-bond donors (Lipinski definition) is 3. The van der Waals surface area contributed by atoms with Gasteiger partial charge >= 0.3 is 6.03 Å². The third-order valence-electron chi connectivity index (χ3n) is 2.53. The zero-order valence-electron chi connectivity index (χ0n) is 10.7. The molecule has 20 heavy (non-hydrogen) atoms. The van der Waals surface area contributed by atoms with Crippen LogP contribution in [0.4, 0.5) is 20.6 Å². The maximum atomic E-state index is 13.1. The highest BCUT2D eigenvalue weighted by molar-refractivity contribution is 5.99. The summed E-state index contributed by atoms with van der Waals surface area (Å²) in [4.78, 5) is 11.7. The summed E-state index contributed by atoms with van der Waals surface area (Å²) in [6, 6.07) is 9.88. The van der Waals surface area contributed by atoms with E-state index in [4.69, 9.17) is 9.84 Å². The summed E-state index contributed by atoms with van der Waals surface area (Å²) < 4.78 is 18.2. The van der Waals surface area contributed by atoms with Crippen LogP contribution in [0.2, 0.25) is 0 Å². The minimum atomic E-state index is -0.802. The molecule has 2 aromatic rings. The molecule has 0 atom stereocenters. The number of aromatic hydroxyl groups is 1. The molecule has 3 N–H and O–H groups in total. The molecule has 2 amide bonds. The normalized spacial score (nSPS) is 9.90. The summed E-state index contributed by atoms with van der Waals surface area (Å²) in [5.41, 5.74) is 0.779. The number of carbonyl (C=O) groups is 1. The monoisotopic (exact) mass is 276 g/mol. The van der Waals surface area contributed by atoms with Crippen molar-refractivity contribution in [3.05, 3.63) is 48.3 Å². The van der Waals surface area contributed by atoms with Crippen molar-refractivity contribution in [2.24, 2.45) is 0 Å². The van der Waals surface area contributed by atoms with Crippen molar-refractivity contribution >= 4 is 17.4 Å². The van der Waals surface area contributed by atoms with Gasteiger partial charge in [0, 0.05) is 23.5 Å². The van der Waals surface area contributed by atoms with E-state index >= 15 is 0 Å². The summed E-state index contributed by atoms with van der Waals surface area (Å²) in [7, 11) is 1.53. The van der Waals surface area contributed by atoms with Gasteiger partial charge in [0.25, 0.3) is 0 Å². The number of phenolic OH excluding ortho intramolecular Hbond substituents is 1. The molecule has 0 aliphatic carbocycles. The lowest BCUT2D eigenvalue weighted by molar-refractivity contribution is 0.262. The van der Waals surface area contributed by atoms with E-state index in [1.807, 2.05) is 0 Å². The maximum Gasteiger partial charge on any atom is 0.323 e. The van der Waals surface area contributed by atoms with Gasteiger partial charge in [-0.3, -0.25) is 0 Å². The Morgan fingerprint density at radius 2 is 1.85 bits per heavy atom. The third kappa shape index (κ3) is 3.38. The minimum Gasteiger partial charge on any atom is -0.505 e. The SMILES string of the molecule is COc1cccc(NC(=O)Nc2ccc(O)c(F)c2)c1. The summed E-state index contributed by atoms with van der Waals surface area (Å²) in [6.45, 7) is 0. The second-order valence-electron chi connectivity index (χ2n) is 3.98. The molecular formula is C14H13FN2O3. The highest BCUT2D eigenvalue weighted by Gasteiger charge is 2.06. The fraction of sp³-hybridized carbons (Fsp3) is 0.0714. The van der Waals surface area contributed by atoms with Gasteiger partial charge in [0.05, 0.1) is 7.11 Å². The summed E-state index contributed by atoms with van der Waals surface area (Å²) in [6.07, 6.45) is 0. The number of halogens is 1. The second-order valence-corrected chi connectivity index (χ2v) is 3.98. The number of ether oxygens (including phenoxy) is 1. The Bertz CT molecular complexity index is 632. The molecule has 5 nitrogen and oxygen atoms in total. The molecular weight excluding hydrogens is 263 g/mol. The predicted molar refractivity (Wildman–Crippen MR) is 73.7 cm³/mol. The number of anilines is 2. The Labute approximate surface area is 115 Å². The van der Waals surface area contributed by atoms with Crippen LogP contribution in [0.25, 0.3) is 0 Å². The van der Waals surface area contributed by atoms with E-state index < -0.39 is 17.6 Å². The summed E-state index contributed by atoms with van der Waals surface area (Å²) in [5, 5.41) is 14.1. The number of hydrogen-bond acceptors (Lipinski definition) is 3. The van der Waals surface area contributed by atoms with Crippen LogP contribution in [0.3, 0.4) is 0 Å². The Hall–Kier alpha value is -2.76. The van der Waals surface area contributed by atoms with E-state index in [0.29, 0.717) is 11.4 Å². The molecule has 0 spiro atoms. The molecule has 2 aromatic carbocycles. The Morgan fingerprint density at radius 1 is 1.15 bits per heavy atom. The fourth-order valence-corrected chi connectivity index (χ4v) is 1.58. The van der Waals surface area contributed by atoms with Crippen LogP contribution in [-0.4, -0.2) is 18.2 Å². The zero-order valence-corrected chi connectivity index (χ0v) is 10.7. The summed E-state index contributed by atoms with van der Waals surface area (Å²) in [5.74, 6) is -0.661. The van der Waals surface area contributed by atoms with E-state index in [-0.39, 0.29) is 5.69 Å². The van der Waals surface area contributed by atoms with Crippen LogP contribution in [0.1, 0.15) is 0 Å². The lowest BCUT2D eigenvalue weighted by Gasteiger charge is -2.09. The van der Waals surface area contributed by atoms with Gasteiger partial charge in [-0.2, -0.15) is 0 Å². The van der Waals surface area contributed by atoms with Crippen molar-refractivity contribution in [2.75, 3.05) is 17.7 Å². The molecule has 0 aromatic heterocycles. The molecule has 0 aliphatic heterocycles. The van der Waals surface area contributed by atoms with Crippen molar-refractivity contribution in [1.29, 1.82) is 0 Å². The number of phenols is 1. The number of nitrogens with one attached hydrogen (secondary N) is 2. The van der Waals surface area contributed by atoms with Crippen LogP contribution < -0.4 is 15.4 Å². The van der Waals surface area contributed by atoms with Gasteiger partial charge in [0.15, 0.2) is 11.6 Å². The molecule has 6 heteroatoms. The molecule has 0 saturated carbocycles. The Balaban J connectivity index is 2.03. The molecule has 0 radical (unpaired) electrons. The topological polar surface area (TPSA) is 70.6 Å². The zero-order chi connectivity index (χ0) is 14.5. The van der Waals surface area contributed by atoms with Crippen LogP contribution in [0.15, 0.2) is 42.5 Å². The van der Waals surface area contributed by atoms with Crippen molar-refractivity contribution in [3.63, 3.8) is 0 Å². The van der Waals surface area contributed by atoms with Gasteiger partial charge < -0.3 is 20.5 Å². The van der Waals surface area contributed by atoms with Gasteiger partial charge in [0.2, 0.25) is 0 Å². The van der Waals surface area contributed by atoms with E-state index in [2.05, 4.69) is 10.6 Å². The van der Waals surface area contributed by atoms with Gasteiger partial charge in [0.1, 0.15) is 5.75 Å². The van der Waals surface area contributed by atoms with Gasteiger partial charge in [-0.25, -0.2) is 9.18 Å². The average molecular weight is 276 g/mol. The van der Waals surface area contributed by atoms with Crippen molar-refractivity contribution in [1.82, 2.24) is 0 Å². The Morgan fingerprint density at radius 3 is 2.50 bits per heavy atom. The third-order valence-corrected chi connectivity index (χ3v) is 2.53. The number of rotatable bonds is 3. The van der Waals surface area contributed by atoms with Gasteiger partial charge in [-0.15, -0.1) is 0 Å². The molecule has 104 valence electrons. The number of amides is 2. The van der Waals surface area contributed by atoms with Crippen molar-refractivity contribution in [2.45, 2.75) is 0 Å². The first kappa shape index (κ1) is 13.7. The molecule has 0 bridgehead atoms. The standard InChI is InChI=1S/C14H13FN2O3/c1-20-11-4-2-3-9(7-11)16-14(19)17-10-5-6-13(18)12(15)8-10/h2-8,18H,1H3,(H2,16,17,19). The van der Waals surface area contributed by atoms with Crippen molar-refractivity contribution < 1.29 is 19.0 Å². The van der Waals surface area contributed by atoms with Crippen LogP contribution in [0, 0.1) is 5.82 Å². The highest BCUT2D eigenvalue weighted by atomic mass is 19.1. The van der Waals surface area contributed by atoms with E-state index in [1.54, 1.807) is 24.3 Å². The largest absolute Gasteiger partial charge is 0.505 e. The molecule has 0 saturated heterocycles. The average Bonchev–Trinajstić information content (AvgIpc) is 2.43. The first-order chi connectivity index (χ1) is 9.58. The Kier molecular flexibility index (Phi) is 4.05. The number of urea groups is 1. The summed E-state index contributed by atoms with van der Waals surface area (Å²) >= 11 is 0. The quantitative estimate of drug-likeness (QED) is 0.754. The number of methoxy groups -OCH3 is 1. The molecule has 0 heterocycles. The van der Waals surface area contributed by atoms with E-state index in [9.17, 15) is 9.18 Å². The van der Waals surface area contributed by atoms with Gasteiger partial charge in [-0.05, 0) is 24.3 Å². The molecule has 2 rings (SSSR count). The number of carbonyl (C=O) groups excluding carboxylic acids is 1. The molecule has 0 fully saturated rings. The van der Waals surface area contributed by atoms with Crippen molar-refractivity contribution in [3.8, 4) is 11.5 Å². The first-order valence-corrected chi connectivity index (χ1v) is 5.79. The van der Waals surface area contributed by atoms with Crippen LogP contribution >= 0.6 is 0 Å². The first-order valence-electron chi connectivity index (χ1n) is 5.79. The molecule has 0 unspecified atom stereocenters. The maximum absolute atomic E-state index is 13.1. The smallest absolute Gasteiger partial charge is 0.323 e. The highest BCUT2D eigenvalue weighted by Crippen LogP contribution is 2.20. The lowest BCUT2D eigenvalue weighted by Crippen LogP contribution is -2.19. The molecule has 0 aliphatic rings. The van der Waals surface area contributed by atoms with Crippen LogP contribution in [0.5, 0.6) is 11.5 Å². The van der Waals surface area contributed by atoms with E-state index in [0.717, 1.165) is 12.1 Å². The van der Waals surface area contributed by atoms with E-state index in [1.165, 1.54) is 13.2 Å². The van der Waals surface area contributed by atoms with Crippen LogP contribution in [-0.2, 0) is 0 Å². The minimum absolute atomic E-state index is 0.237. The number of benzene rings is 2. The predicted octanol–water partition coefficient (Wildman–Crippen LogP) is 3.18.